The van der Waals surface area contributed by atoms with Gasteiger partial charge < -0.3 is 15.4 Å². The molecule has 0 aliphatic carbocycles. The number of ether oxygens (including phenoxy) is 1. The third-order valence-corrected chi connectivity index (χ3v) is 4.81. The number of amides is 1. The molecule has 1 atom stereocenters. The molecule has 30 heavy (non-hydrogen) atoms. The van der Waals surface area contributed by atoms with Crippen molar-refractivity contribution in [1.29, 1.82) is 0 Å². The fourth-order valence-corrected chi connectivity index (χ4v) is 3.25. The van der Waals surface area contributed by atoms with Crippen molar-refractivity contribution < 1.29 is 22.7 Å². The average Bonchev–Trinajstić information content (AvgIpc) is 2.72. The number of fused-ring (bicyclic) bond motifs is 1. The molecule has 1 amide bonds. The van der Waals surface area contributed by atoms with Gasteiger partial charge >= 0.3 is 6.18 Å². The summed E-state index contributed by atoms with van der Waals surface area (Å²) in [6, 6.07) is 14.2. The first-order chi connectivity index (χ1) is 14.3. The molecule has 0 heterocycles. The molecule has 0 fully saturated rings. The Balaban J connectivity index is 1.93. The van der Waals surface area contributed by atoms with E-state index in [1.807, 2.05) is 0 Å². The average molecular weight is 416 g/mol. The molecule has 2 N–H and O–H groups in total. The second-order valence-electron chi connectivity index (χ2n) is 6.95. The monoisotopic (exact) mass is 416 g/mol. The zero-order valence-electron chi connectivity index (χ0n) is 16.7. The van der Waals surface area contributed by atoms with Crippen molar-refractivity contribution in [2.24, 2.45) is 0 Å². The fraction of sp³-hybridized carbons (Fsp3) is 0.261. The number of rotatable bonds is 7. The van der Waals surface area contributed by atoms with Gasteiger partial charge in [0.1, 0.15) is 12.4 Å². The van der Waals surface area contributed by atoms with Gasteiger partial charge in [0.15, 0.2) is 6.04 Å². The fourth-order valence-electron chi connectivity index (χ4n) is 3.25. The van der Waals surface area contributed by atoms with Gasteiger partial charge in [-0.2, -0.15) is 13.2 Å². The Morgan fingerprint density at radius 2 is 1.80 bits per heavy atom. The minimum absolute atomic E-state index is 0.00743. The molecular formula is C23H23F3N2O2. The second-order valence-corrected chi connectivity index (χ2v) is 6.95. The predicted octanol–water partition coefficient (Wildman–Crippen LogP) is 4.78. The van der Waals surface area contributed by atoms with E-state index in [2.05, 4.69) is 10.6 Å². The third kappa shape index (κ3) is 4.91. The molecule has 0 aliphatic heterocycles. The Morgan fingerprint density at radius 3 is 2.53 bits per heavy atom. The Hall–Kier alpha value is -3.06. The normalized spacial score (nSPS) is 12.6. The van der Waals surface area contributed by atoms with E-state index >= 15 is 0 Å². The summed E-state index contributed by atoms with van der Waals surface area (Å²) in [5.74, 6) is -0.378. The molecule has 3 aromatic carbocycles. The van der Waals surface area contributed by atoms with Crippen LogP contribution in [0.25, 0.3) is 10.8 Å². The van der Waals surface area contributed by atoms with Crippen LogP contribution in [0.4, 0.5) is 13.2 Å². The van der Waals surface area contributed by atoms with Gasteiger partial charge in [-0.1, -0.05) is 48.5 Å². The molecule has 158 valence electrons. The van der Waals surface area contributed by atoms with Crippen molar-refractivity contribution in [2.45, 2.75) is 19.1 Å². The summed E-state index contributed by atoms with van der Waals surface area (Å²) in [5.41, 5.74) is 0.715. The number of carbonyl (C=O) groups excluding carboxylic acids is 1. The van der Waals surface area contributed by atoms with Crippen LogP contribution in [0.1, 0.15) is 27.5 Å². The van der Waals surface area contributed by atoms with Crippen LogP contribution in [-0.2, 0) is 0 Å². The summed E-state index contributed by atoms with van der Waals surface area (Å²) >= 11 is 0. The first kappa shape index (κ1) is 21.6. The van der Waals surface area contributed by atoms with E-state index < -0.39 is 18.1 Å². The lowest BCUT2D eigenvalue weighted by molar-refractivity contribution is -0.154. The van der Waals surface area contributed by atoms with Crippen molar-refractivity contribution in [1.82, 2.24) is 10.6 Å². The van der Waals surface area contributed by atoms with Gasteiger partial charge in [0.25, 0.3) is 5.91 Å². The maximum atomic E-state index is 13.9. The number of alkyl halides is 3. The van der Waals surface area contributed by atoms with Gasteiger partial charge in [0, 0.05) is 12.1 Å². The summed E-state index contributed by atoms with van der Waals surface area (Å²) in [6.45, 7) is 2.65. The quantitative estimate of drug-likeness (QED) is 0.545. The molecule has 0 saturated carbocycles. The summed E-state index contributed by atoms with van der Waals surface area (Å²) in [4.78, 5) is 12.8. The molecule has 0 spiro atoms. The minimum Gasteiger partial charge on any atom is -0.492 e. The van der Waals surface area contributed by atoms with E-state index in [1.54, 1.807) is 62.5 Å². The Morgan fingerprint density at radius 1 is 1.07 bits per heavy atom. The standard InChI is InChI=1S/C23H23F3N2O2/c1-15-10-11-17(30-13-12-27-2)14-20(15)22(29)28-21(23(24,25)26)19-9-5-7-16-6-3-4-8-18(16)19/h3-11,14,21,27H,12-13H2,1-2H3,(H,28,29). The number of hydrogen-bond donors (Lipinski definition) is 2. The summed E-state index contributed by atoms with van der Waals surface area (Å²) in [6.07, 6.45) is -4.66. The molecule has 0 aromatic heterocycles. The van der Waals surface area contributed by atoms with Gasteiger partial charge in [-0.15, -0.1) is 0 Å². The molecule has 1 unspecified atom stereocenters. The van der Waals surface area contributed by atoms with Crippen molar-refractivity contribution in [3.05, 3.63) is 77.4 Å². The maximum absolute atomic E-state index is 13.9. The van der Waals surface area contributed by atoms with E-state index in [1.165, 1.54) is 12.1 Å². The van der Waals surface area contributed by atoms with Crippen molar-refractivity contribution in [2.75, 3.05) is 20.2 Å². The van der Waals surface area contributed by atoms with E-state index in [0.717, 1.165) is 0 Å². The number of benzene rings is 3. The first-order valence-corrected chi connectivity index (χ1v) is 9.54. The predicted molar refractivity (Wildman–Crippen MR) is 111 cm³/mol. The smallest absolute Gasteiger partial charge is 0.412 e. The number of aryl methyl sites for hydroxylation is 1. The Labute approximate surface area is 173 Å². The number of halogens is 3. The zero-order valence-corrected chi connectivity index (χ0v) is 16.7. The first-order valence-electron chi connectivity index (χ1n) is 9.54. The van der Waals surface area contributed by atoms with E-state index in [0.29, 0.717) is 35.2 Å². The lowest BCUT2D eigenvalue weighted by Gasteiger charge is -2.24. The molecule has 0 saturated heterocycles. The van der Waals surface area contributed by atoms with Gasteiger partial charge in [-0.05, 0) is 48.0 Å². The molecular weight excluding hydrogens is 393 g/mol. The highest BCUT2D eigenvalue weighted by Crippen LogP contribution is 2.36. The van der Waals surface area contributed by atoms with Crippen molar-refractivity contribution in [3.63, 3.8) is 0 Å². The van der Waals surface area contributed by atoms with Gasteiger partial charge in [0.2, 0.25) is 0 Å². The van der Waals surface area contributed by atoms with Crippen molar-refractivity contribution >= 4 is 16.7 Å². The highest BCUT2D eigenvalue weighted by molar-refractivity contribution is 5.97. The summed E-state index contributed by atoms with van der Waals surface area (Å²) < 4.78 is 47.4. The van der Waals surface area contributed by atoms with Gasteiger partial charge in [0.05, 0.1) is 0 Å². The number of carbonyl (C=O) groups is 1. The summed E-state index contributed by atoms with van der Waals surface area (Å²) in [5, 5.41) is 6.24. The van der Waals surface area contributed by atoms with Crippen LogP contribution in [0.2, 0.25) is 0 Å². The van der Waals surface area contributed by atoms with Crippen LogP contribution in [0, 0.1) is 6.92 Å². The molecule has 7 heteroatoms. The Kier molecular flexibility index (Phi) is 6.62. The number of likely N-dealkylation sites (N-methyl/N-ethyl adjacent to an activating group) is 1. The highest BCUT2D eigenvalue weighted by Gasteiger charge is 2.42. The van der Waals surface area contributed by atoms with Gasteiger partial charge in [-0.25, -0.2) is 0 Å². The summed E-state index contributed by atoms with van der Waals surface area (Å²) in [7, 11) is 1.78. The molecule has 0 radical (unpaired) electrons. The van der Waals surface area contributed by atoms with Crippen molar-refractivity contribution in [3.8, 4) is 5.75 Å². The van der Waals surface area contributed by atoms with Crippen LogP contribution >= 0.6 is 0 Å². The topological polar surface area (TPSA) is 50.4 Å². The minimum atomic E-state index is -4.66. The number of nitrogens with one attached hydrogen (secondary N) is 2. The molecule has 3 aromatic rings. The number of hydrogen-bond acceptors (Lipinski definition) is 3. The van der Waals surface area contributed by atoms with Crippen LogP contribution in [0.5, 0.6) is 5.75 Å². The largest absolute Gasteiger partial charge is 0.492 e. The molecule has 3 rings (SSSR count). The van der Waals surface area contributed by atoms with Crippen LogP contribution in [-0.4, -0.2) is 32.3 Å². The SMILES string of the molecule is CNCCOc1ccc(C)c(C(=O)NC(c2cccc3ccccc23)C(F)(F)F)c1. The van der Waals surface area contributed by atoms with E-state index in [4.69, 9.17) is 4.74 Å². The van der Waals surface area contributed by atoms with Crippen LogP contribution < -0.4 is 15.4 Å². The van der Waals surface area contributed by atoms with Gasteiger partial charge in [-0.3, -0.25) is 4.79 Å². The third-order valence-electron chi connectivity index (χ3n) is 4.81. The second kappa shape index (κ2) is 9.17. The lowest BCUT2D eigenvalue weighted by Crippen LogP contribution is -2.38. The molecule has 0 aliphatic rings. The zero-order chi connectivity index (χ0) is 21.7. The van der Waals surface area contributed by atoms with Crippen LogP contribution in [0.3, 0.4) is 0 Å². The molecule has 4 nitrogen and oxygen atoms in total. The van der Waals surface area contributed by atoms with E-state index in [-0.39, 0.29) is 11.1 Å². The maximum Gasteiger partial charge on any atom is 0.412 e. The molecule has 0 bridgehead atoms. The van der Waals surface area contributed by atoms with Crippen LogP contribution in [0.15, 0.2) is 60.7 Å². The lowest BCUT2D eigenvalue weighted by atomic mass is 9.97. The Bertz CT molecular complexity index is 1030. The van der Waals surface area contributed by atoms with E-state index in [9.17, 15) is 18.0 Å². The highest BCUT2D eigenvalue weighted by atomic mass is 19.4.